The first-order valence-electron chi connectivity index (χ1n) is 7.13. The van der Waals surface area contributed by atoms with Crippen LogP contribution in [0.25, 0.3) is 0 Å². The molecule has 1 N–H and O–H groups in total. The molecule has 2 rings (SSSR count). The van der Waals surface area contributed by atoms with Crippen LogP contribution in [-0.4, -0.2) is 24.7 Å². The van der Waals surface area contributed by atoms with Crippen molar-refractivity contribution in [2.75, 3.05) is 19.7 Å². The van der Waals surface area contributed by atoms with E-state index >= 15 is 0 Å². The molecule has 1 aliphatic rings. The Labute approximate surface area is 110 Å². The SMILES string of the molecule is CCCNCC1CCC1c1cncc(OCC)c1. The third-order valence-electron chi connectivity index (χ3n) is 3.72. The smallest absolute Gasteiger partial charge is 0.137 e. The summed E-state index contributed by atoms with van der Waals surface area (Å²) in [5, 5.41) is 3.52. The van der Waals surface area contributed by atoms with Gasteiger partial charge in [0.05, 0.1) is 12.8 Å². The van der Waals surface area contributed by atoms with Gasteiger partial charge >= 0.3 is 0 Å². The lowest BCUT2D eigenvalue weighted by molar-refractivity contribution is 0.244. The average molecular weight is 248 g/mol. The zero-order chi connectivity index (χ0) is 12.8. The number of ether oxygens (including phenoxy) is 1. The highest BCUT2D eigenvalue weighted by molar-refractivity contribution is 5.28. The molecule has 0 aliphatic heterocycles. The number of nitrogens with one attached hydrogen (secondary N) is 1. The molecule has 1 heterocycles. The maximum absolute atomic E-state index is 5.52. The van der Waals surface area contributed by atoms with Crippen molar-refractivity contribution in [2.24, 2.45) is 5.92 Å². The van der Waals surface area contributed by atoms with Gasteiger partial charge in [-0.3, -0.25) is 4.98 Å². The van der Waals surface area contributed by atoms with Crippen molar-refractivity contribution in [1.29, 1.82) is 0 Å². The lowest BCUT2D eigenvalue weighted by Crippen LogP contribution is -2.34. The molecular weight excluding hydrogens is 224 g/mol. The predicted molar refractivity (Wildman–Crippen MR) is 74.0 cm³/mol. The van der Waals surface area contributed by atoms with Crippen LogP contribution in [0.2, 0.25) is 0 Å². The lowest BCUT2D eigenvalue weighted by Gasteiger charge is -2.37. The summed E-state index contributed by atoms with van der Waals surface area (Å²) in [5.41, 5.74) is 1.34. The van der Waals surface area contributed by atoms with Crippen LogP contribution >= 0.6 is 0 Å². The van der Waals surface area contributed by atoms with Crippen LogP contribution in [0.1, 0.15) is 44.6 Å². The van der Waals surface area contributed by atoms with Gasteiger partial charge in [0.1, 0.15) is 5.75 Å². The van der Waals surface area contributed by atoms with Gasteiger partial charge in [-0.05, 0) is 62.7 Å². The summed E-state index contributed by atoms with van der Waals surface area (Å²) >= 11 is 0. The van der Waals surface area contributed by atoms with Crippen LogP contribution in [0.5, 0.6) is 5.75 Å². The number of hydrogen-bond acceptors (Lipinski definition) is 3. The first kappa shape index (κ1) is 13.3. The average Bonchev–Trinajstić information content (AvgIpc) is 2.34. The second-order valence-corrected chi connectivity index (χ2v) is 5.04. The van der Waals surface area contributed by atoms with Gasteiger partial charge in [-0.2, -0.15) is 0 Å². The Kier molecular flexibility index (Phi) is 5.00. The number of pyridine rings is 1. The van der Waals surface area contributed by atoms with E-state index in [1.807, 2.05) is 13.1 Å². The molecule has 0 bridgehead atoms. The first-order valence-corrected chi connectivity index (χ1v) is 7.13. The van der Waals surface area contributed by atoms with Gasteiger partial charge in [-0.25, -0.2) is 0 Å². The predicted octanol–water partition coefficient (Wildman–Crippen LogP) is 2.97. The van der Waals surface area contributed by atoms with Gasteiger partial charge in [0.15, 0.2) is 0 Å². The molecule has 0 aromatic carbocycles. The van der Waals surface area contributed by atoms with Crippen LogP contribution in [0.4, 0.5) is 0 Å². The number of nitrogens with zero attached hydrogens (tertiary/aromatic N) is 1. The minimum atomic E-state index is 0.669. The van der Waals surface area contributed by atoms with Gasteiger partial charge < -0.3 is 10.1 Å². The Balaban J connectivity index is 1.92. The first-order chi connectivity index (χ1) is 8.85. The van der Waals surface area contributed by atoms with Crippen LogP contribution in [-0.2, 0) is 0 Å². The molecule has 1 saturated carbocycles. The molecule has 1 aromatic heterocycles. The topological polar surface area (TPSA) is 34.2 Å². The fourth-order valence-corrected chi connectivity index (χ4v) is 2.60. The molecule has 0 amide bonds. The van der Waals surface area contributed by atoms with E-state index in [-0.39, 0.29) is 0 Å². The highest BCUT2D eigenvalue weighted by atomic mass is 16.5. The molecule has 18 heavy (non-hydrogen) atoms. The van der Waals surface area contributed by atoms with Crippen molar-refractivity contribution in [1.82, 2.24) is 10.3 Å². The highest BCUT2D eigenvalue weighted by Crippen LogP contribution is 2.42. The molecule has 1 fully saturated rings. The maximum atomic E-state index is 5.52. The Morgan fingerprint density at radius 1 is 1.33 bits per heavy atom. The summed E-state index contributed by atoms with van der Waals surface area (Å²) in [4.78, 5) is 4.29. The molecule has 3 heteroatoms. The van der Waals surface area contributed by atoms with Crippen LogP contribution < -0.4 is 10.1 Å². The van der Waals surface area contributed by atoms with E-state index in [1.54, 1.807) is 6.20 Å². The van der Waals surface area contributed by atoms with Gasteiger partial charge in [-0.1, -0.05) is 6.92 Å². The van der Waals surface area contributed by atoms with Crippen LogP contribution in [0, 0.1) is 5.92 Å². The fraction of sp³-hybridized carbons (Fsp3) is 0.667. The van der Waals surface area contributed by atoms with E-state index in [9.17, 15) is 0 Å². The van der Waals surface area contributed by atoms with E-state index < -0.39 is 0 Å². The van der Waals surface area contributed by atoms with Crippen molar-refractivity contribution >= 4 is 0 Å². The third kappa shape index (κ3) is 3.22. The van der Waals surface area contributed by atoms with E-state index in [0.717, 1.165) is 24.8 Å². The van der Waals surface area contributed by atoms with Gasteiger partial charge in [0.25, 0.3) is 0 Å². The standard InChI is InChI=1S/C15H24N2O/c1-3-7-16-9-12-5-6-15(12)13-8-14(18-4-2)11-17-10-13/h8,10-12,15-16H,3-7,9H2,1-2H3. The molecule has 0 radical (unpaired) electrons. The van der Waals surface area contributed by atoms with E-state index in [4.69, 9.17) is 4.74 Å². The monoisotopic (exact) mass is 248 g/mol. The summed E-state index contributed by atoms with van der Waals surface area (Å²) in [7, 11) is 0. The summed E-state index contributed by atoms with van der Waals surface area (Å²) in [6, 6.07) is 2.16. The summed E-state index contributed by atoms with van der Waals surface area (Å²) in [6.45, 7) is 7.18. The van der Waals surface area contributed by atoms with E-state index in [0.29, 0.717) is 12.5 Å². The quantitative estimate of drug-likeness (QED) is 0.753. The summed E-state index contributed by atoms with van der Waals surface area (Å²) in [5.74, 6) is 2.35. The van der Waals surface area contributed by atoms with Crippen molar-refractivity contribution in [3.63, 3.8) is 0 Å². The molecule has 2 unspecified atom stereocenters. The molecule has 2 atom stereocenters. The zero-order valence-electron chi connectivity index (χ0n) is 11.5. The van der Waals surface area contributed by atoms with Crippen molar-refractivity contribution in [2.45, 2.75) is 39.0 Å². The summed E-state index contributed by atoms with van der Waals surface area (Å²) < 4.78 is 5.52. The number of hydrogen-bond donors (Lipinski definition) is 1. The molecule has 1 aliphatic carbocycles. The molecule has 0 saturated heterocycles. The maximum Gasteiger partial charge on any atom is 0.137 e. The molecule has 3 nitrogen and oxygen atoms in total. The van der Waals surface area contributed by atoms with Crippen molar-refractivity contribution < 1.29 is 4.74 Å². The molecule has 0 spiro atoms. The Bertz CT molecular complexity index is 367. The van der Waals surface area contributed by atoms with E-state index in [2.05, 4.69) is 23.3 Å². The second kappa shape index (κ2) is 6.74. The summed E-state index contributed by atoms with van der Waals surface area (Å²) in [6.07, 6.45) is 7.63. The van der Waals surface area contributed by atoms with Gasteiger partial charge in [0, 0.05) is 6.20 Å². The number of aromatic nitrogens is 1. The van der Waals surface area contributed by atoms with Crippen molar-refractivity contribution in [3.05, 3.63) is 24.0 Å². The largest absolute Gasteiger partial charge is 0.492 e. The Morgan fingerprint density at radius 3 is 2.89 bits per heavy atom. The molecular formula is C15H24N2O. The van der Waals surface area contributed by atoms with E-state index in [1.165, 1.54) is 24.8 Å². The second-order valence-electron chi connectivity index (χ2n) is 5.04. The molecule has 100 valence electrons. The third-order valence-corrected chi connectivity index (χ3v) is 3.72. The highest BCUT2D eigenvalue weighted by Gasteiger charge is 2.31. The molecule has 1 aromatic rings. The normalized spacial score (nSPS) is 22.6. The van der Waals surface area contributed by atoms with Crippen LogP contribution in [0.15, 0.2) is 18.5 Å². The van der Waals surface area contributed by atoms with Crippen LogP contribution in [0.3, 0.4) is 0 Å². The fourth-order valence-electron chi connectivity index (χ4n) is 2.60. The van der Waals surface area contributed by atoms with Gasteiger partial charge in [0.2, 0.25) is 0 Å². The Hall–Kier alpha value is -1.09. The minimum Gasteiger partial charge on any atom is -0.492 e. The van der Waals surface area contributed by atoms with Gasteiger partial charge in [-0.15, -0.1) is 0 Å². The minimum absolute atomic E-state index is 0.669. The zero-order valence-corrected chi connectivity index (χ0v) is 11.5. The van der Waals surface area contributed by atoms with Crippen molar-refractivity contribution in [3.8, 4) is 5.75 Å². The Morgan fingerprint density at radius 2 is 2.22 bits per heavy atom. The lowest BCUT2D eigenvalue weighted by atomic mass is 9.70. The number of rotatable bonds is 7.